The Bertz CT molecular complexity index is 1450. The highest BCUT2D eigenvalue weighted by Gasteiger charge is 2.51. The predicted octanol–water partition coefficient (Wildman–Crippen LogP) is 5.10. The molecular formula is C32H38N4O6. The lowest BCUT2D eigenvalue weighted by Gasteiger charge is -2.45. The number of piperidine rings is 1. The molecule has 10 nitrogen and oxygen atoms in total. The molecule has 2 fully saturated rings. The first-order valence-corrected chi connectivity index (χ1v) is 14.6. The minimum absolute atomic E-state index is 0.280. The molecule has 2 saturated heterocycles. The van der Waals surface area contributed by atoms with Crippen LogP contribution in [-0.2, 0) is 22.8 Å². The number of nitrogens with zero attached hydrogens (tertiary/aromatic N) is 4. The highest BCUT2D eigenvalue weighted by atomic mass is 16.7. The molecule has 0 unspecified atom stereocenters. The monoisotopic (exact) mass is 574 g/mol. The summed E-state index contributed by atoms with van der Waals surface area (Å²) in [6.07, 6.45) is 2.00. The number of oxazole rings is 1. The summed E-state index contributed by atoms with van der Waals surface area (Å²) in [5.41, 5.74) is 1.88. The van der Waals surface area contributed by atoms with Crippen LogP contribution in [0.4, 0.5) is 0 Å². The molecule has 10 heteroatoms. The number of hydrogen-bond acceptors (Lipinski definition) is 9. The molecule has 222 valence electrons. The lowest BCUT2D eigenvalue weighted by Crippen LogP contribution is -2.61. The normalized spacial score (nSPS) is 19.2. The van der Waals surface area contributed by atoms with Gasteiger partial charge in [-0.2, -0.15) is 0 Å². The molecule has 3 aliphatic heterocycles. The SMILES string of the molecule is CCOc1cc(CN2CC3(CC(N4CCC(C)(C(=O)O)CC4)=NO3)C2)ccc1OCc1nc(-c2ccccc2)oc1C. The van der Waals surface area contributed by atoms with E-state index >= 15 is 0 Å². The zero-order chi connectivity index (χ0) is 29.3. The maximum absolute atomic E-state index is 11.6. The molecule has 3 aliphatic rings. The molecule has 6 rings (SSSR count). The fraction of sp³-hybridized carbons (Fsp3) is 0.469. The fourth-order valence-corrected chi connectivity index (χ4v) is 5.90. The smallest absolute Gasteiger partial charge is 0.309 e. The number of aliphatic carboxylic acids is 1. The fourth-order valence-electron chi connectivity index (χ4n) is 5.90. The first-order valence-electron chi connectivity index (χ1n) is 14.6. The van der Waals surface area contributed by atoms with Crippen LogP contribution < -0.4 is 9.47 Å². The quantitative estimate of drug-likeness (QED) is 0.373. The van der Waals surface area contributed by atoms with Crippen LogP contribution in [0.1, 0.15) is 50.1 Å². The van der Waals surface area contributed by atoms with E-state index in [1.165, 1.54) is 0 Å². The van der Waals surface area contributed by atoms with Crippen LogP contribution in [0.15, 0.2) is 58.1 Å². The van der Waals surface area contributed by atoms with Crippen molar-refractivity contribution in [2.75, 3.05) is 32.8 Å². The van der Waals surface area contributed by atoms with Gasteiger partial charge in [0.2, 0.25) is 5.89 Å². The largest absolute Gasteiger partial charge is 0.490 e. The summed E-state index contributed by atoms with van der Waals surface area (Å²) in [6, 6.07) is 15.9. The zero-order valence-electron chi connectivity index (χ0n) is 24.5. The summed E-state index contributed by atoms with van der Waals surface area (Å²) in [6.45, 7) is 10.2. The number of carboxylic acid groups (broad SMARTS) is 1. The highest BCUT2D eigenvalue weighted by molar-refractivity contribution is 5.85. The molecule has 0 amide bonds. The maximum atomic E-state index is 11.6. The van der Waals surface area contributed by atoms with E-state index < -0.39 is 11.4 Å². The lowest BCUT2D eigenvalue weighted by molar-refractivity contribution is -0.150. The van der Waals surface area contributed by atoms with Gasteiger partial charge in [-0.25, -0.2) is 4.98 Å². The number of carbonyl (C=O) groups is 1. The van der Waals surface area contributed by atoms with Gasteiger partial charge in [-0.3, -0.25) is 9.69 Å². The van der Waals surface area contributed by atoms with Gasteiger partial charge < -0.3 is 28.7 Å². The summed E-state index contributed by atoms with van der Waals surface area (Å²) in [4.78, 5) is 26.7. The van der Waals surface area contributed by atoms with Gasteiger partial charge >= 0.3 is 5.97 Å². The van der Waals surface area contributed by atoms with E-state index in [0.29, 0.717) is 49.9 Å². The number of amidine groups is 1. The Morgan fingerprint density at radius 2 is 1.83 bits per heavy atom. The Hall–Kier alpha value is -4.05. The summed E-state index contributed by atoms with van der Waals surface area (Å²) < 4.78 is 18.0. The summed E-state index contributed by atoms with van der Waals surface area (Å²) in [7, 11) is 0. The minimum Gasteiger partial charge on any atom is -0.490 e. The van der Waals surface area contributed by atoms with E-state index in [1.807, 2.05) is 63.2 Å². The molecular weight excluding hydrogens is 536 g/mol. The minimum atomic E-state index is -0.715. The predicted molar refractivity (Wildman–Crippen MR) is 156 cm³/mol. The van der Waals surface area contributed by atoms with Gasteiger partial charge in [0.25, 0.3) is 0 Å². The van der Waals surface area contributed by atoms with Crippen LogP contribution in [0, 0.1) is 12.3 Å². The van der Waals surface area contributed by atoms with Crippen LogP contribution in [-0.4, -0.2) is 70.1 Å². The van der Waals surface area contributed by atoms with E-state index in [0.717, 1.165) is 54.5 Å². The zero-order valence-corrected chi connectivity index (χ0v) is 24.5. The first-order chi connectivity index (χ1) is 20.3. The standard InChI is InChI=1S/C32H38N4O6/c1-4-39-27-16-23(10-11-26(27)40-19-25-22(2)41-29(33-25)24-8-6-5-7-9-24)18-35-20-32(21-35)17-28(34-42-32)36-14-12-31(3,13-15-36)30(37)38/h5-11,16H,4,12-15,17-21H2,1-3H3,(H,37,38). The maximum Gasteiger partial charge on any atom is 0.309 e. The molecule has 0 saturated carbocycles. The molecule has 42 heavy (non-hydrogen) atoms. The molecule has 1 spiro atoms. The second-order valence-corrected chi connectivity index (χ2v) is 11.8. The first kappa shape index (κ1) is 28.1. The molecule has 0 radical (unpaired) electrons. The number of aryl methyl sites for hydroxylation is 1. The second-order valence-electron chi connectivity index (χ2n) is 11.8. The number of benzene rings is 2. The average Bonchev–Trinajstić information content (AvgIpc) is 3.58. The van der Waals surface area contributed by atoms with Gasteiger partial charge in [0, 0.05) is 38.3 Å². The van der Waals surface area contributed by atoms with Crippen LogP contribution >= 0.6 is 0 Å². The summed E-state index contributed by atoms with van der Waals surface area (Å²) >= 11 is 0. The number of rotatable bonds is 9. The molecule has 4 heterocycles. The van der Waals surface area contributed by atoms with Crippen molar-refractivity contribution in [2.45, 2.75) is 58.8 Å². The second kappa shape index (κ2) is 11.3. The third-order valence-electron chi connectivity index (χ3n) is 8.59. The van der Waals surface area contributed by atoms with Crippen molar-refractivity contribution >= 4 is 11.8 Å². The molecule has 0 bridgehead atoms. The van der Waals surface area contributed by atoms with Crippen molar-refractivity contribution < 1.29 is 28.6 Å². The van der Waals surface area contributed by atoms with Crippen molar-refractivity contribution in [3.05, 3.63) is 65.5 Å². The van der Waals surface area contributed by atoms with Crippen molar-refractivity contribution in [1.82, 2.24) is 14.8 Å². The van der Waals surface area contributed by atoms with Gasteiger partial charge in [0.1, 0.15) is 23.9 Å². The van der Waals surface area contributed by atoms with E-state index in [4.69, 9.17) is 18.7 Å². The van der Waals surface area contributed by atoms with Crippen molar-refractivity contribution in [2.24, 2.45) is 10.6 Å². The van der Waals surface area contributed by atoms with Crippen LogP contribution in [0.2, 0.25) is 0 Å². The van der Waals surface area contributed by atoms with E-state index in [2.05, 4.69) is 26.0 Å². The van der Waals surface area contributed by atoms with Crippen molar-refractivity contribution in [3.63, 3.8) is 0 Å². The third kappa shape index (κ3) is 5.68. The van der Waals surface area contributed by atoms with Gasteiger partial charge in [0.15, 0.2) is 17.1 Å². The van der Waals surface area contributed by atoms with E-state index in [-0.39, 0.29) is 12.2 Å². The van der Waals surface area contributed by atoms with E-state index in [1.54, 1.807) is 0 Å². The van der Waals surface area contributed by atoms with Gasteiger partial charge in [0.05, 0.1) is 18.4 Å². The Morgan fingerprint density at radius 1 is 1.07 bits per heavy atom. The molecule has 2 aromatic carbocycles. The number of likely N-dealkylation sites (tertiary alicyclic amines) is 2. The molecule has 1 aromatic heterocycles. The Balaban J connectivity index is 1.02. The number of carboxylic acids is 1. The third-order valence-corrected chi connectivity index (χ3v) is 8.59. The van der Waals surface area contributed by atoms with Gasteiger partial charge in [-0.05, 0) is 63.4 Å². The van der Waals surface area contributed by atoms with Crippen LogP contribution in [0.5, 0.6) is 11.5 Å². The van der Waals surface area contributed by atoms with Crippen molar-refractivity contribution in [1.29, 1.82) is 0 Å². The summed E-state index contributed by atoms with van der Waals surface area (Å²) in [5, 5.41) is 13.9. The number of oxime groups is 1. The topological polar surface area (TPSA) is 110 Å². The Labute approximate surface area is 245 Å². The number of ether oxygens (including phenoxy) is 2. The average molecular weight is 575 g/mol. The molecule has 0 atom stereocenters. The number of hydrogen-bond donors (Lipinski definition) is 1. The lowest BCUT2D eigenvalue weighted by atomic mass is 9.80. The molecule has 0 aliphatic carbocycles. The highest BCUT2D eigenvalue weighted by Crippen LogP contribution is 2.39. The summed E-state index contributed by atoms with van der Waals surface area (Å²) in [5.74, 6) is 2.92. The van der Waals surface area contributed by atoms with E-state index in [9.17, 15) is 9.90 Å². The van der Waals surface area contributed by atoms with Gasteiger partial charge in [-0.1, -0.05) is 29.4 Å². The Morgan fingerprint density at radius 3 is 2.55 bits per heavy atom. The van der Waals surface area contributed by atoms with Crippen molar-refractivity contribution in [3.8, 4) is 23.0 Å². The van der Waals surface area contributed by atoms with Gasteiger partial charge in [-0.15, -0.1) is 0 Å². The molecule has 3 aromatic rings. The molecule has 1 N–H and O–H groups in total. The van der Waals surface area contributed by atoms with Crippen LogP contribution in [0.25, 0.3) is 11.5 Å². The Kier molecular flexibility index (Phi) is 7.57. The van der Waals surface area contributed by atoms with Crippen LogP contribution in [0.3, 0.4) is 0 Å². The number of aromatic nitrogens is 1.